The van der Waals surface area contributed by atoms with E-state index in [0.717, 1.165) is 11.6 Å². The number of amides is 3. The molecule has 0 fully saturated rings. The van der Waals surface area contributed by atoms with E-state index < -0.39 is 117 Å². The van der Waals surface area contributed by atoms with E-state index >= 15 is 21.2 Å². The van der Waals surface area contributed by atoms with E-state index in [1.807, 2.05) is 30.3 Å². The molecule has 0 heterocycles. The molecule has 9 unspecified atom stereocenters. The summed E-state index contributed by atoms with van der Waals surface area (Å²) in [5.74, 6) is -7.42. The van der Waals surface area contributed by atoms with Crippen LogP contribution in [0.15, 0.2) is 197 Å². The second kappa shape index (κ2) is 29.0. The van der Waals surface area contributed by atoms with E-state index in [1.165, 1.54) is 103 Å². The average molecular weight is 1510 g/mol. The predicted octanol–water partition coefficient (Wildman–Crippen LogP) is 16.4. The molecule has 0 saturated heterocycles. The number of carbonyl (C=O) groups excluding carboxylic acids is 3. The molecule has 99 heavy (non-hydrogen) atoms. The molecule has 3 aliphatic carbocycles. The molecular formula is C74H62Cl6FN3O12S3. The highest BCUT2D eigenvalue weighted by molar-refractivity contribution is 7.92. The third-order valence-corrected chi connectivity index (χ3v) is 27.3. The Kier molecular flexibility index (Phi) is 21.0. The number of rotatable bonds is 18. The zero-order valence-electron chi connectivity index (χ0n) is 52.4. The summed E-state index contributed by atoms with van der Waals surface area (Å²) < 4.78 is 107. The Labute approximate surface area is 602 Å². The van der Waals surface area contributed by atoms with Crippen LogP contribution >= 0.6 is 69.6 Å². The van der Waals surface area contributed by atoms with E-state index in [-0.39, 0.29) is 105 Å². The van der Waals surface area contributed by atoms with Crippen LogP contribution in [-0.4, -0.2) is 78.1 Å². The molecule has 9 aromatic carbocycles. The minimum Gasteiger partial charge on any atom is -0.396 e. The first kappa shape index (κ1) is 71.6. The van der Waals surface area contributed by atoms with Crippen LogP contribution in [0.2, 0.25) is 30.1 Å². The molecule has 25 heteroatoms. The molecule has 15 nitrogen and oxygen atoms in total. The van der Waals surface area contributed by atoms with Crippen LogP contribution in [0, 0.1) is 23.6 Å². The molecule has 0 aromatic heterocycles. The van der Waals surface area contributed by atoms with Crippen LogP contribution in [-0.2, 0) is 40.7 Å². The monoisotopic (exact) mass is 1510 g/mol. The molecular weight excluding hydrogens is 1450 g/mol. The van der Waals surface area contributed by atoms with Crippen molar-refractivity contribution in [2.75, 3.05) is 35.8 Å². The van der Waals surface area contributed by atoms with Crippen molar-refractivity contribution >= 4 is 134 Å². The van der Waals surface area contributed by atoms with Gasteiger partial charge in [0.2, 0.25) is 5.91 Å². The molecule has 0 aliphatic heterocycles. The van der Waals surface area contributed by atoms with Gasteiger partial charge in [0.15, 0.2) is 29.5 Å². The Morgan fingerprint density at radius 2 is 0.889 bits per heavy atom. The van der Waals surface area contributed by atoms with Gasteiger partial charge in [0.05, 0.1) is 62.5 Å². The molecule has 0 bridgehead atoms. The first-order valence-electron chi connectivity index (χ1n) is 31.4. The molecule has 0 radical (unpaired) electrons. The summed E-state index contributed by atoms with van der Waals surface area (Å²) in [7, 11) is -13.3. The van der Waals surface area contributed by atoms with E-state index in [4.69, 9.17) is 69.6 Å². The highest BCUT2D eigenvalue weighted by Gasteiger charge is 2.46. The zero-order chi connectivity index (χ0) is 70.6. The van der Waals surface area contributed by atoms with Crippen molar-refractivity contribution in [2.24, 2.45) is 17.8 Å². The van der Waals surface area contributed by atoms with Crippen molar-refractivity contribution in [3.63, 3.8) is 0 Å². The van der Waals surface area contributed by atoms with Crippen LogP contribution in [0.3, 0.4) is 0 Å². The van der Waals surface area contributed by atoms with Crippen LogP contribution in [0.1, 0.15) is 130 Å². The van der Waals surface area contributed by atoms with E-state index in [9.17, 15) is 38.1 Å². The van der Waals surface area contributed by atoms with Gasteiger partial charge in [-0.05, 0) is 204 Å². The summed E-state index contributed by atoms with van der Waals surface area (Å²) in [5, 5.41) is 37.4. The van der Waals surface area contributed by atoms with Crippen molar-refractivity contribution < 1.29 is 59.3 Å². The van der Waals surface area contributed by atoms with Crippen molar-refractivity contribution in [1.82, 2.24) is 0 Å². The Bertz CT molecular complexity index is 5030. The number of nitrogens with one attached hydrogen (secondary N) is 3. The third-order valence-electron chi connectivity index (χ3n) is 19.2. The molecule has 9 atom stereocenters. The van der Waals surface area contributed by atoms with Gasteiger partial charge in [-0.2, -0.15) is 0 Å². The van der Waals surface area contributed by atoms with Gasteiger partial charge in [-0.15, -0.1) is 0 Å². The number of hydrogen-bond acceptors (Lipinski definition) is 12. The molecule has 6 N–H and O–H groups in total. The number of anilines is 3. The van der Waals surface area contributed by atoms with Crippen molar-refractivity contribution in [2.45, 2.75) is 80.8 Å². The smallest absolute Gasteiger partial charge is 0.260 e. The topological polar surface area (TPSA) is 250 Å². The molecule has 3 amide bonds. The maximum absolute atomic E-state index is 15.7. The standard InChI is InChI=1S/C74H62Cl6FN3O12S3/c1-39(41-8-3-2-4-9-41)72(88)82-46-17-16-42-26-40(36-85)27-65(56(42)31-46)98(93,94)50-20-24-54(62(79)34-50)69-44(38-87)29-67(58-33-48(19-23-53(58)69)84-74(90)71-61(78)14-7-15-64(71)81)99(95,96)51-21-25-55(63(80)35-51)68-43(37-86)28-66(97(91,92)49-11-5-10-45(75)30-49)57-32-47(18-22-52(57)68)83-73(89)70-59(76)12-6-13-60(70)77/h2-25,30-35,39-40,43-44,65-69,85-87H,26-29,36-38H2,1H3,(H,82,88)(H,83,89)(H,84,90). The van der Waals surface area contributed by atoms with Crippen molar-refractivity contribution in [3.8, 4) is 0 Å². The Hall–Kier alpha value is -7.21. The minimum absolute atomic E-state index is 0.0250. The first-order chi connectivity index (χ1) is 47.2. The molecule has 0 spiro atoms. The van der Waals surface area contributed by atoms with Gasteiger partial charge in [0, 0.05) is 63.8 Å². The number of fused-ring (bicyclic) bond motifs is 3. The Morgan fingerprint density at radius 3 is 1.38 bits per heavy atom. The Morgan fingerprint density at radius 1 is 0.444 bits per heavy atom. The molecule has 0 saturated carbocycles. The maximum Gasteiger partial charge on any atom is 0.260 e. The van der Waals surface area contributed by atoms with Gasteiger partial charge in [0.1, 0.15) is 5.82 Å². The SMILES string of the molecule is CC(C(=O)Nc1ccc2c(c1)C(S(=O)(=O)c1ccc(C3c4ccc(NC(=O)c5c(F)cccc5Cl)cc4C(S(=O)(=O)c4ccc(C5c6ccc(NC(=O)c7c(Cl)cccc7Cl)cc6C(S(=O)(=O)c6cccc(Cl)c6)CC5CO)c(Cl)c4)CC3CO)c(Cl)c1)CC(CO)C2)c1ccccc1. The lowest BCUT2D eigenvalue weighted by molar-refractivity contribution is -0.117. The number of aliphatic hydroxyl groups is 3. The van der Waals surface area contributed by atoms with E-state index in [0.29, 0.717) is 45.5 Å². The van der Waals surface area contributed by atoms with Gasteiger partial charge < -0.3 is 31.3 Å². The molecule has 512 valence electrons. The highest BCUT2D eigenvalue weighted by Crippen LogP contribution is 2.55. The van der Waals surface area contributed by atoms with Crippen LogP contribution in [0.4, 0.5) is 21.5 Å². The fraction of sp³-hybridized carbons (Fsp3) is 0.230. The number of halogens is 7. The van der Waals surface area contributed by atoms with E-state index in [2.05, 4.69) is 16.0 Å². The lowest BCUT2D eigenvalue weighted by Gasteiger charge is -2.39. The lowest BCUT2D eigenvalue weighted by Crippen LogP contribution is -2.32. The largest absolute Gasteiger partial charge is 0.396 e. The fourth-order valence-corrected chi connectivity index (χ4v) is 21.8. The zero-order valence-corrected chi connectivity index (χ0v) is 59.3. The number of benzene rings is 9. The molecule has 9 aromatic rings. The lowest BCUT2D eigenvalue weighted by atomic mass is 9.71. The summed E-state index contributed by atoms with van der Waals surface area (Å²) in [6.07, 6.45) is -0.0517. The van der Waals surface area contributed by atoms with Crippen molar-refractivity contribution in [1.29, 1.82) is 0 Å². The van der Waals surface area contributed by atoms with Crippen LogP contribution < -0.4 is 16.0 Å². The van der Waals surface area contributed by atoms with Gasteiger partial charge in [-0.25, -0.2) is 29.6 Å². The van der Waals surface area contributed by atoms with Gasteiger partial charge >= 0.3 is 0 Å². The fourth-order valence-electron chi connectivity index (χ4n) is 14.2. The second-order valence-corrected chi connectivity index (χ2v) is 33.9. The number of carbonyl (C=O) groups is 3. The predicted molar refractivity (Wildman–Crippen MR) is 384 cm³/mol. The number of hydrogen-bond donors (Lipinski definition) is 6. The van der Waals surface area contributed by atoms with E-state index in [1.54, 1.807) is 49.4 Å². The van der Waals surface area contributed by atoms with Gasteiger partial charge in [0.25, 0.3) is 11.8 Å². The number of sulfone groups is 3. The second-order valence-electron chi connectivity index (χ2n) is 25.0. The van der Waals surface area contributed by atoms with Gasteiger partial charge in [-0.3, -0.25) is 14.4 Å². The highest BCUT2D eigenvalue weighted by atomic mass is 35.5. The van der Waals surface area contributed by atoms with Gasteiger partial charge in [-0.1, -0.05) is 148 Å². The quantitative estimate of drug-likeness (QED) is 0.0469. The summed E-state index contributed by atoms with van der Waals surface area (Å²) in [6.45, 7) is 0.301. The van der Waals surface area contributed by atoms with Crippen LogP contribution in [0.5, 0.6) is 0 Å². The molecule has 3 aliphatic rings. The summed E-state index contributed by atoms with van der Waals surface area (Å²) >= 11 is 40.0. The van der Waals surface area contributed by atoms with Crippen molar-refractivity contribution in [3.05, 3.63) is 279 Å². The summed E-state index contributed by atoms with van der Waals surface area (Å²) in [4.78, 5) is 40.6. The van der Waals surface area contributed by atoms with Crippen LogP contribution in [0.25, 0.3) is 0 Å². The first-order valence-corrected chi connectivity index (χ1v) is 38.3. The maximum atomic E-state index is 15.7. The molecule has 12 rings (SSSR count). The minimum atomic E-state index is -4.64. The third kappa shape index (κ3) is 14.0. The summed E-state index contributed by atoms with van der Waals surface area (Å²) in [6, 6.07) is 45.6. The number of aliphatic hydroxyl groups excluding tert-OH is 3. The average Bonchev–Trinajstić information content (AvgIpc) is 0.734. The Balaban J connectivity index is 0.906. The normalized spacial score (nSPS) is 20.2. The summed E-state index contributed by atoms with van der Waals surface area (Å²) in [5.41, 5.74) is 3.68.